The number of hydrogen-bond acceptors (Lipinski definition) is 12. The van der Waals surface area contributed by atoms with Gasteiger partial charge in [0.2, 0.25) is 18.0 Å². The Bertz CT molecular complexity index is 3300. The van der Waals surface area contributed by atoms with Crippen LogP contribution in [0.3, 0.4) is 0 Å². The van der Waals surface area contributed by atoms with Crippen LogP contribution in [0.1, 0.15) is 93.9 Å². The zero-order chi connectivity index (χ0) is 51.2. The molecule has 18 nitrogen and oxygen atoms in total. The number of methoxy groups -OCH3 is 2. The van der Waals surface area contributed by atoms with E-state index in [4.69, 9.17) is 29.2 Å². The van der Waals surface area contributed by atoms with Crippen LogP contribution in [-0.4, -0.2) is 103 Å². The van der Waals surface area contributed by atoms with Crippen molar-refractivity contribution in [2.45, 2.75) is 83.8 Å². The van der Waals surface area contributed by atoms with E-state index >= 15 is 4.39 Å². The largest absolute Gasteiger partial charge is 0.462 e. The van der Waals surface area contributed by atoms with Crippen molar-refractivity contribution in [1.82, 2.24) is 49.9 Å². The van der Waals surface area contributed by atoms with E-state index in [1.54, 1.807) is 46.6 Å². The molecule has 5 atom stereocenters. The third kappa shape index (κ3) is 9.13. The number of nitrogens with one attached hydrogen (secondary N) is 4. The number of ether oxygens (including phenoxy) is 3. The van der Waals surface area contributed by atoms with E-state index in [0.29, 0.717) is 70.9 Å². The first-order valence-electron chi connectivity index (χ1n) is 24.3. The van der Waals surface area contributed by atoms with Gasteiger partial charge in [-0.05, 0) is 85.5 Å². The molecule has 376 valence electrons. The highest BCUT2D eigenvalue weighted by Crippen LogP contribution is 2.48. The van der Waals surface area contributed by atoms with Gasteiger partial charge in [-0.3, -0.25) is 14.2 Å². The van der Waals surface area contributed by atoms with Crippen molar-refractivity contribution in [1.29, 1.82) is 5.26 Å². The van der Waals surface area contributed by atoms with E-state index in [2.05, 4.69) is 26.7 Å². The molecule has 3 aliphatic rings. The molecule has 7 aromatic rings. The molecule has 10 rings (SSSR count). The van der Waals surface area contributed by atoms with Gasteiger partial charge in [0.15, 0.2) is 5.01 Å². The molecule has 0 saturated carbocycles. The van der Waals surface area contributed by atoms with E-state index in [-0.39, 0.29) is 35.3 Å². The standard InChI is InChI=1S/C53H54FN11O7S/c1-27(2)44(61-52(68)70-5)49(66)63-17-7-9-38(63)46-56-24-35(59-46)31-15-16-37-33(19-31)21-40-43-34(54)20-32(22-41(43)72-51(65(37)40)48-58-26-42(73-48)30-13-11-29(23-55)12-14-30)36-25-57-47(60-36)39-10-8-18-64(39)50(67)45(28(3)4)62-53(69)71-6/h11-16,19-22,24-28,38-39,44-45,51H,7-10,17-18H2,1-6H3,(H,56,59)(H,57,60)(H,61,68)(H,62,69)/t38-,39-,44-,45-,51?/m0/s1. The molecule has 73 heavy (non-hydrogen) atoms. The molecule has 0 radical (unpaired) electrons. The van der Waals surface area contributed by atoms with Gasteiger partial charge in [0.25, 0.3) is 0 Å². The average Bonchev–Trinajstić information content (AvgIpc) is 4.26. The number of nitrogens with zero attached hydrogens (tertiary/aromatic N) is 7. The fourth-order valence-corrected chi connectivity index (χ4v) is 11.1. The van der Waals surface area contributed by atoms with E-state index < -0.39 is 42.4 Å². The topological polar surface area (TPSA) is 225 Å². The lowest BCUT2D eigenvalue weighted by Crippen LogP contribution is -2.51. The van der Waals surface area contributed by atoms with Crippen molar-refractivity contribution in [3.63, 3.8) is 0 Å². The fraction of sp³-hybridized carbons (Fsp3) is 0.358. The van der Waals surface area contributed by atoms with Crippen molar-refractivity contribution in [3.05, 3.63) is 107 Å². The molecular weight excluding hydrogens is 954 g/mol. The van der Waals surface area contributed by atoms with Crippen LogP contribution in [0, 0.1) is 29.0 Å². The molecule has 4 aromatic heterocycles. The lowest BCUT2D eigenvalue weighted by Gasteiger charge is -2.30. The average molecular weight is 1010 g/mol. The Morgan fingerprint density at radius 1 is 0.767 bits per heavy atom. The van der Waals surface area contributed by atoms with Gasteiger partial charge in [-0.25, -0.2) is 28.9 Å². The summed E-state index contributed by atoms with van der Waals surface area (Å²) in [5, 5.41) is 16.2. The van der Waals surface area contributed by atoms with Gasteiger partial charge in [-0.2, -0.15) is 5.26 Å². The van der Waals surface area contributed by atoms with Gasteiger partial charge in [-0.1, -0.05) is 45.9 Å². The fourth-order valence-electron chi connectivity index (χ4n) is 10.2. The van der Waals surface area contributed by atoms with Crippen LogP contribution in [0.4, 0.5) is 14.0 Å². The van der Waals surface area contributed by atoms with Crippen molar-refractivity contribution in [2.75, 3.05) is 27.3 Å². The number of nitriles is 1. The minimum Gasteiger partial charge on any atom is -0.462 e. The number of imidazole rings is 2. The predicted octanol–water partition coefficient (Wildman–Crippen LogP) is 9.25. The van der Waals surface area contributed by atoms with E-state index in [1.165, 1.54) is 31.6 Å². The molecule has 1 unspecified atom stereocenters. The molecule has 2 saturated heterocycles. The molecule has 7 heterocycles. The number of alkyl carbamates (subject to hydrolysis) is 2. The zero-order valence-electron chi connectivity index (χ0n) is 41.1. The van der Waals surface area contributed by atoms with E-state index in [9.17, 15) is 24.4 Å². The van der Waals surface area contributed by atoms with E-state index in [0.717, 1.165) is 45.4 Å². The SMILES string of the molecule is COC(=O)N[C@H](C(=O)N1CCC[C@H]1c1ncc(-c2cc(F)c3c(c2)OC(c2ncc(-c4ccc(C#N)cc4)s2)n2c-3cc3cc(-c4cnc([C@@H]5CCCN5C(=O)[C@@H](NC(=O)OC)C(C)C)[nH]4)ccc32)[nH]1)C(C)C. The first kappa shape index (κ1) is 48.6. The van der Waals surface area contributed by atoms with Crippen LogP contribution in [-0.2, 0) is 19.1 Å². The number of carbonyl (C=O) groups excluding carboxylic acids is 4. The zero-order valence-corrected chi connectivity index (χ0v) is 41.9. The van der Waals surface area contributed by atoms with Gasteiger partial charge in [-0.15, -0.1) is 11.3 Å². The Morgan fingerprint density at radius 3 is 1.90 bits per heavy atom. The summed E-state index contributed by atoms with van der Waals surface area (Å²) in [4.78, 5) is 77.6. The number of halogens is 1. The number of likely N-dealkylation sites (tertiary alicyclic amines) is 2. The maximum Gasteiger partial charge on any atom is 0.407 e. The minimum atomic E-state index is -0.812. The van der Waals surface area contributed by atoms with E-state index in [1.807, 2.05) is 68.7 Å². The highest BCUT2D eigenvalue weighted by atomic mass is 32.1. The second kappa shape index (κ2) is 19.9. The summed E-state index contributed by atoms with van der Waals surface area (Å²) < 4.78 is 35.5. The molecule has 0 aliphatic carbocycles. The van der Waals surface area contributed by atoms with Crippen LogP contribution in [0.2, 0.25) is 0 Å². The highest BCUT2D eigenvalue weighted by Gasteiger charge is 2.40. The predicted molar refractivity (Wildman–Crippen MR) is 269 cm³/mol. The lowest BCUT2D eigenvalue weighted by atomic mass is 10.0. The van der Waals surface area contributed by atoms with Gasteiger partial charge in [0.05, 0.1) is 83.4 Å². The number of thiazole rings is 1. The number of amides is 4. The van der Waals surface area contributed by atoms with Gasteiger partial charge < -0.3 is 44.6 Å². The maximum atomic E-state index is 17.0. The lowest BCUT2D eigenvalue weighted by molar-refractivity contribution is -0.136. The van der Waals surface area contributed by atoms with Crippen molar-refractivity contribution < 1.29 is 37.8 Å². The number of hydrogen-bond donors (Lipinski definition) is 4. The summed E-state index contributed by atoms with van der Waals surface area (Å²) in [5.41, 5.74) is 5.60. The Balaban J connectivity index is 0.990. The van der Waals surface area contributed by atoms with Crippen LogP contribution < -0.4 is 15.4 Å². The number of benzene rings is 3. The van der Waals surface area contributed by atoms with Crippen molar-refractivity contribution in [3.8, 4) is 56.0 Å². The number of aromatic nitrogens is 6. The summed E-state index contributed by atoms with van der Waals surface area (Å²) in [7, 11) is 2.53. The minimum absolute atomic E-state index is 0.172. The number of carbonyl (C=O) groups is 4. The van der Waals surface area contributed by atoms with Crippen LogP contribution in [0.5, 0.6) is 5.75 Å². The Kier molecular flexibility index (Phi) is 13.2. The first-order chi connectivity index (χ1) is 35.2. The molecule has 3 aromatic carbocycles. The molecule has 4 amide bonds. The van der Waals surface area contributed by atoms with Crippen LogP contribution in [0.25, 0.3) is 55.1 Å². The van der Waals surface area contributed by atoms with Crippen molar-refractivity contribution >= 4 is 46.2 Å². The molecule has 0 bridgehead atoms. The van der Waals surface area contributed by atoms with Gasteiger partial charge in [0.1, 0.15) is 35.3 Å². The summed E-state index contributed by atoms with van der Waals surface area (Å²) >= 11 is 1.43. The number of fused-ring (bicyclic) bond motifs is 5. The number of aromatic amines is 2. The molecular formula is C53H54FN11O7S. The molecule has 3 aliphatic heterocycles. The van der Waals surface area contributed by atoms with Crippen LogP contribution >= 0.6 is 11.3 Å². The van der Waals surface area contributed by atoms with Crippen LogP contribution in [0.15, 0.2) is 79.3 Å². The second-order valence-electron chi connectivity index (χ2n) is 19.2. The highest BCUT2D eigenvalue weighted by molar-refractivity contribution is 7.15. The Labute approximate surface area is 423 Å². The van der Waals surface area contributed by atoms with Gasteiger partial charge >= 0.3 is 12.2 Å². The molecule has 0 spiro atoms. The second-order valence-corrected chi connectivity index (χ2v) is 20.2. The summed E-state index contributed by atoms with van der Waals surface area (Å²) in [6, 6.07) is 18.3. The third-order valence-corrected chi connectivity index (χ3v) is 15.0. The third-order valence-electron chi connectivity index (χ3n) is 14.0. The van der Waals surface area contributed by atoms with Crippen molar-refractivity contribution in [2.24, 2.45) is 11.8 Å². The maximum absolute atomic E-state index is 17.0. The smallest absolute Gasteiger partial charge is 0.407 e. The summed E-state index contributed by atoms with van der Waals surface area (Å²) in [5.74, 6) is 0.134. The molecule has 2 fully saturated rings. The van der Waals surface area contributed by atoms with Gasteiger partial charge in [0, 0.05) is 35.8 Å². The summed E-state index contributed by atoms with van der Waals surface area (Å²) in [6.45, 7) is 8.47. The number of H-pyrrole nitrogens is 2. The number of rotatable bonds is 12. The summed E-state index contributed by atoms with van der Waals surface area (Å²) in [6.07, 6.45) is 5.83. The molecule has 20 heteroatoms. The monoisotopic (exact) mass is 1010 g/mol. The quantitative estimate of drug-likeness (QED) is 0.0902. The first-order valence-corrected chi connectivity index (χ1v) is 25.1. The Morgan fingerprint density at radius 2 is 1.34 bits per heavy atom. The normalized spacial score (nSPS) is 18.0. The molecule has 4 N–H and O–H groups in total. The Hall–Kier alpha value is -8.05.